The number of nitrogens with zero attached hydrogens (tertiary/aromatic N) is 1. The van der Waals surface area contributed by atoms with E-state index in [0.717, 1.165) is 13.0 Å². The van der Waals surface area contributed by atoms with Gasteiger partial charge in [0.1, 0.15) is 6.54 Å². The van der Waals surface area contributed by atoms with Crippen molar-refractivity contribution < 1.29 is 14.7 Å². The SMILES string of the molecule is CNCCCC(=O)N(C)CC(=O)O. The number of aliphatic carboxylic acids is 1. The minimum absolute atomic E-state index is 0.127. The highest BCUT2D eigenvalue weighted by molar-refractivity contribution is 5.80. The molecule has 0 aliphatic carbocycles. The summed E-state index contributed by atoms with van der Waals surface area (Å²) < 4.78 is 0. The van der Waals surface area contributed by atoms with Gasteiger partial charge in [0.25, 0.3) is 0 Å². The van der Waals surface area contributed by atoms with Crippen molar-refractivity contribution in [1.29, 1.82) is 0 Å². The Morgan fingerprint density at radius 2 is 2.08 bits per heavy atom. The van der Waals surface area contributed by atoms with Crippen LogP contribution >= 0.6 is 0 Å². The quantitative estimate of drug-likeness (QED) is 0.553. The number of carboxylic acid groups (broad SMARTS) is 1. The average Bonchev–Trinajstić information content (AvgIpc) is 2.03. The standard InChI is InChI=1S/C8H16N2O3/c1-9-5-3-4-7(11)10(2)6-8(12)13/h9H,3-6H2,1-2H3,(H,12,13). The maximum absolute atomic E-state index is 11.2. The molecular weight excluding hydrogens is 172 g/mol. The minimum Gasteiger partial charge on any atom is -0.480 e. The zero-order chi connectivity index (χ0) is 10.3. The molecule has 0 spiro atoms. The maximum Gasteiger partial charge on any atom is 0.323 e. The van der Waals surface area contributed by atoms with Crippen molar-refractivity contribution in [3.63, 3.8) is 0 Å². The Morgan fingerprint density at radius 3 is 2.54 bits per heavy atom. The summed E-state index contributed by atoms with van der Waals surface area (Å²) in [7, 11) is 3.31. The van der Waals surface area contributed by atoms with Gasteiger partial charge in [0.15, 0.2) is 0 Å². The van der Waals surface area contributed by atoms with E-state index in [4.69, 9.17) is 5.11 Å². The highest BCUT2D eigenvalue weighted by Crippen LogP contribution is 1.94. The molecule has 0 aromatic heterocycles. The van der Waals surface area contributed by atoms with Crippen LogP contribution in [0.4, 0.5) is 0 Å². The molecule has 5 heteroatoms. The largest absolute Gasteiger partial charge is 0.480 e. The second kappa shape index (κ2) is 6.42. The molecular formula is C8H16N2O3. The van der Waals surface area contributed by atoms with Crippen LogP contribution in [0, 0.1) is 0 Å². The predicted molar refractivity (Wildman–Crippen MR) is 48.4 cm³/mol. The van der Waals surface area contributed by atoms with Gasteiger partial charge >= 0.3 is 5.97 Å². The van der Waals surface area contributed by atoms with Gasteiger partial charge < -0.3 is 15.3 Å². The lowest BCUT2D eigenvalue weighted by molar-refractivity contribution is -0.143. The molecule has 13 heavy (non-hydrogen) atoms. The number of carboxylic acids is 1. The van der Waals surface area contributed by atoms with E-state index in [9.17, 15) is 9.59 Å². The van der Waals surface area contributed by atoms with Crippen LogP contribution in [0.3, 0.4) is 0 Å². The number of hydrogen-bond acceptors (Lipinski definition) is 3. The van der Waals surface area contributed by atoms with E-state index in [1.165, 1.54) is 11.9 Å². The number of likely N-dealkylation sites (N-methyl/N-ethyl adjacent to an activating group) is 1. The number of hydrogen-bond donors (Lipinski definition) is 2. The summed E-state index contributed by atoms with van der Waals surface area (Å²) in [6.07, 6.45) is 1.13. The molecule has 5 nitrogen and oxygen atoms in total. The molecule has 0 bridgehead atoms. The normalized spacial score (nSPS) is 9.69. The summed E-state index contributed by atoms with van der Waals surface area (Å²) in [6, 6.07) is 0. The van der Waals surface area contributed by atoms with E-state index in [2.05, 4.69) is 5.32 Å². The summed E-state index contributed by atoms with van der Waals surface area (Å²) in [5.74, 6) is -1.11. The van der Waals surface area contributed by atoms with Crippen molar-refractivity contribution >= 4 is 11.9 Å². The molecule has 2 N–H and O–H groups in total. The van der Waals surface area contributed by atoms with E-state index >= 15 is 0 Å². The van der Waals surface area contributed by atoms with Crippen LogP contribution < -0.4 is 5.32 Å². The van der Waals surface area contributed by atoms with Crippen LogP contribution in [0.1, 0.15) is 12.8 Å². The Bertz CT molecular complexity index is 182. The maximum atomic E-state index is 11.2. The van der Waals surface area contributed by atoms with Crippen molar-refractivity contribution in [2.75, 3.05) is 27.2 Å². The topological polar surface area (TPSA) is 69.6 Å². The van der Waals surface area contributed by atoms with Crippen molar-refractivity contribution in [3.8, 4) is 0 Å². The summed E-state index contributed by atoms with van der Waals surface area (Å²) in [4.78, 5) is 22.6. The van der Waals surface area contributed by atoms with Gasteiger partial charge in [0, 0.05) is 13.5 Å². The third kappa shape index (κ3) is 6.10. The predicted octanol–water partition coefficient (Wildman–Crippen LogP) is -0.471. The highest BCUT2D eigenvalue weighted by Gasteiger charge is 2.10. The molecule has 0 saturated heterocycles. The number of nitrogens with one attached hydrogen (secondary N) is 1. The van der Waals surface area contributed by atoms with Gasteiger partial charge in [-0.05, 0) is 20.0 Å². The van der Waals surface area contributed by atoms with Crippen LogP contribution in [0.2, 0.25) is 0 Å². The van der Waals surface area contributed by atoms with Crippen molar-refractivity contribution in [2.45, 2.75) is 12.8 Å². The second-order valence-electron chi connectivity index (χ2n) is 2.85. The molecule has 0 rings (SSSR count). The molecule has 0 aromatic carbocycles. The highest BCUT2D eigenvalue weighted by atomic mass is 16.4. The molecule has 0 heterocycles. The first kappa shape index (κ1) is 11.9. The lowest BCUT2D eigenvalue weighted by Crippen LogP contribution is -2.32. The first-order chi connectivity index (χ1) is 6.07. The smallest absolute Gasteiger partial charge is 0.323 e. The molecule has 0 aliphatic heterocycles. The van der Waals surface area contributed by atoms with Gasteiger partial charge in [-0.1, -0.05) is 0 Å². The van der Waals surface area contributed by atoms with Gasteiger partial charge in [-0.25, -0.2) is 0 Å². The van der Waals surface area contributed by atoms with E-state index < -0.39 is 5.97 Å². The molecule has 0 aliphatic rings. The van der Waals surface area contributed by atoms with Gasteiger partial charge in [-0.3, -0.25) is 9.59 Å². The molecule has 0 aromatic rings. The first-order valence-corrected chi connectivity index (χ1v) is 4.18. The number of amides is 1. The van der Waals surface area contributed by atoms with Crippen molar-refractivity contribution in [2.24, 2.45) is 0 Å². The fraction of sp³-hybridized carbons (Fsp3) is 0.750. The molecule has 0 unspecified atom stereocenters. The van der Waals surface area contributed by atoms with Crippen LogP contribution in [0.15, 0.2) is 0 Å². The van der Waals surface area contributed by atoms with Crippen LogP contribution in [-0.4, -0.2) is 49.1 Å². The van der Waals surface area contributed by atoms with E-state index in [0.29, 0.717) is 6.42 Å². The van der Waals surface area contributed by atoms with Gasteiger partial charge in [-0.2, -0.15) is 0 Å². The molecule has 0 atom stereocenters. The van der Waals surface area contributed by atoms with Crippen LogP contribution in [0.25, 0.3) is 0 Å². The van der Waals surface area contributed by atoms with E-state index in [1.807, 2.05) is 7.05 Å². The van der Waals surface area contributed by atoms with E-state index in [1.54, 1.807) is 0 Å². The van der Waals surface area contributed by atoms with Crippen LogP contribution in [-0.2, 0) is 9.59 Å². The van der Waals surface area contributed by atoms with Crippen molar-refractivity contribution in [3.05, 3.63) is 0 Å². The molecule has 0 fully saturated rings. The molecule has 1 amide bonds. The minimum atomic E-state index is -0.982. The van der Waals surface area contributed by atoms with Crippen LogP contribution in [0.5, 0.6) is 0 Å². The summed E-state index contributed by atoms with van der Waals surface area (Å²) >= 11 is 0. The fourth-order valence-corrected chi connectivity index (χ4v) is 0.898. The lowest BCUT2D eigenvalue weighted by Gasteiger charge is -2.13. The Labute approximate surface area is 77.7 Å². The summed E-state index contributed by atoms with van der Waals surface area (Å²) in [6.45, 7) is 0.547. The van der Waals surface area contributed by atoms with E-state index in [-0.39, 0.29) is 12.5 Å². The van der Waals surface area contributed by atoms with Gasteiger partial charge in [0.2, 0.25) is 5.91 Å². The zero-order valence-electron chi connectivity index (χ0n) is 8.04. The van der Waals surface area contributed by atoms with Gasteiger partial charge in [-0.15, -0.1) is 0 Å². The number of carbonyl (C=O) groups is 2. The second-order valence-corrected chi connectivity index (χ2v) is 2.85. The summed E-state index contributed by atoms with van der Waals surface area (Å²) in [5, 5.41) is 11.3. The lowest BCUT2D eigenvalue weighted by atomic mass is 10.3. The first-order valence-electron chi connectivity index (χ1n) is 4.18. The monoisotopic (exact) mass is 188 g/mol. The fourth-order valence-electron chi connectivity index (χ4n) is 0.898. The average molecular weight is 188 g/mol. The summed E-state index contributed by atoms with van der Waals surface area (Å²) in [5.41, 5.74) is 0. The third-order valence-corrected chi connectivity index (χ3v) is 1.62. The Kier molecular flexibility index (Phi) is 5.88. The van der Waals surface area contributed by atoms with Crippen molar-refractivity contribution in [1.82, 2.24) is 10.2 Å². The molecule has 0 radical (unpaired) electrons. The Morgan fingerprint density at radius 1 is 1.46 bits per heavy atom. The molecule has 76 valence electrons. The number of carbonyl (C=O) groups excluding carboxylic acids is 1. The Balaban J connectivity index is 3.63. The third-order valence-electron chi connectivity index (χ3n) is 1.62. The number of rotatable bonds is 6. The van der Waals surface area contributed by atoms with Gasteiger partial charge in [0.05, 0.1) is 0 Å². The Hall–Kier alpha value is -1.10. The molecule has 0 saturated carbocycles. The zero-order valence-corrected chi connectivity index (χ0v) is 8.04.